The average Bonchev–Trinajstić information content (AvgIpc) is 2.99. The Kier molecular flexibility index (Phi) is 4.71. The lowest BCUT2D eigenvalue weighted by atomic mass is 9.83. The van der Waals surface area contributed by atoms with E-state index in [0.29, 0.717) is 6.42 Å². The minimum atomic E-state index is -2.41. The van der Waals surface area contributed by atoms with Crippen molar-refractivity contribution in [2.75, 3.05) is 6.61 Å². The van der Waals surface area contributed by atoms with Gasteiger partial charge in [-0.25, -0.2) is 0 Å². The molecule has 1 aromatic rings. The fraction of sp³-hybridized carbons (Fsp3) is 0.615. The molecule has 4 atom stereocenters. The topological polar surface area (TPSA) is 179 Å². The maximum atomic E-state index is 12.3. The van der Waals surface area contributed by atoms with Crippen molar-refractivity contribution < 1.29 is 34.8 Å². The maximum Gasteiger partial charge on any atom is 0.270 e. The number of aliphatic hydroxyl groups is 3. The zero-order valence-electron chi connectivity index (χ0n) is 12.4. The van der Waals surface area contributed by atoms with Crippen LogP contribution in [-0.2, 0) is 9.53 Å². The van der Waals surface area contributed by atoms with Crippen LogP contribution in [0.1, 0.15) is 42.1 Å². The number of Topliss-reactive ketones (excluding diaryl/α,β-unsaturated/α-hetero) is 1. The highest BCUT2D eigenvalue weighted by Crippen LogP contribution is 2.45. The van der Waals surface area contributed by atoms with Crippen molar-refractivity contribution in [3.63, 3.8) is 0 Å². The number of carbonyl (C=O) groups is 2. The number of hydrogen-bond donors (Lipinski definition) is 6. The molecule has 1 fully saturated rings. The van der Waals surface area contributed by atoms with Gasteiger partial charge in [0.25, 0.3) is 5.91 Å². The Labute approximate surface area is 130 Å². The van der Waals surface area contributed by atoms with Gasteiger partial charge in [0.2, 0.25) is 0 Å². The zero-order valence-corrected chi connectivity index (χ0v) is 12.4. The highest BCUT2D eigenvalue weighted by atomic mass is 16.6. The van der Waals surface area contributed by atoms with E-state index < -0.39 is 53.7 Å². The van der Waals surface area contributed by atoms with Crippen LogP contribution < -0.4 is 5.73 Å². The van der Waals surface area contributed by atoms with Gasteiger partial charge in [-0.3, -0.25) is 14.7 Å². The van der Waals surface area contributed by atoms with Gasteiger partial charge in [0, 0.05) is 6.42 Å². The summed E-state index contributed by atoms with van der Waals surface area (Å²) in [4.78, 5) is 23.5. The molecule has 0 saturated carbocycles. The summed E-state index contributed by atoms with van der Waals surface area (Å²) in [5.41, 5.74) is 1.87. The number of aliphatic hydroxyl groups excluding tert-OH is 2. The molecule has 2 heterocycles. The summed E-state index contributed by atoms with van der Waals surface area (Å²) in [6.07, 6.45) is -4.18. The lowest BCUT2D eigenvalue weighted by molar-refractivity contribution is -0.152. The minimum absolute atomic E-state index is 0.0561. The van der Waals surface area contributed by atoms with Crippen LogP contribution in [0.15, 0.2) is 0 Å². The van der Waals surface area contributed by atoms with E-state index in [1.165, 1.54) is 0 Å². The van der Waals surface area contributed by atoms with E-state index in [1.54, 1.807) is 6.92 Å². The molecule has 10 heteroatoms. The number of ketones is 1. The maximum absolute atomic E-state index is 12.3. The Morgan fingerprint density at radius 3 is 2.61 bits per heavy atom. The molecule has 0 aromatic carbocycles. The molecule has 128 valence electrons. The quantitative estimate of drug-likeness (QED) is 0.350. The van der Waals surface area contributed by atoms with Crippen LogP contribution in [0.25, 0.3) is 0 Å². The molecule has 1 amide bonds. The lowest BCUT2D eigenvalue weighted by Crippen LogP contribution is -2.52. The van der Waals surface area contributed by atoms with E-state index in [0.717, 1.165) is 0 Å². The number of H-pyrrole nitrogens is 1. The standard InChI is InChI=1S/C13H19N3O7/c1-2-3-6(18)13(22)10(20)5(4-17)23-11(13)7-9(19)8(12(14)21)16-15-7/h5,10-11,17,19-20,22H,2-4H2,1H3,(H2,14,21)(H,15,16)/t5-,10-,11+,13-/m1/s1. The summed E-state index contributed by atoms with van der Waals surface area (Å²) in [7, 11) is 0. The van der Waals surface area contributed by atoms with Crippen molar-refractivity contribution in [3.05, 3.63) is 11.4 Å². The van der Waals surface area contributed by atoms with E-state index in [-0.39, 0.29) is 12.1 Å². The molecule has 7 N–H and O–H groups in total. The number of nitrogens with one attached hydrogen (secondary N) is 1. The van der Waals surface area contributed by atoms with E-state index in [4.69, 9.17) is 10.5 Å². The second kappa shape index (κ2) is 6.24. The van der Waals surface area contributed by atoms with Crippen LogP contribution in [0.5, 0.6) is 5.75 Å². The Morgan fingerprint density at radius 1 is 1.48 bits per heavy atom. The number of carbonyl (C=O) groups excluding carboxylic acids is 2. The van der Waals surface area contributed by atoms with Gasteiger partial charge in [0.1, 0.15) is 24.0 Å². The molecular weight excluding hydrogens is 310 g/mol. The molecule has 0 spiro atoms. The minimum Gasteiger partial charge on any atom is -0.504 e. The monoisotopic (exact) mass is 329 g/mol. The van der Waals surface area contributed by atoms with Gasteiger partial charge in [0.15, 0.2) is 22.8 Å². The first-order valence-electron chi connectivity index (χ1n) is 7.06. The number of aromatic amines is 1. The summed E-state index contributed by atoms with van der Waals surface area (Å²) >= 11 is 0. The third kappa shape index (κ3) is 2.59. The van der Waals surface area contributed by atoms with Crippen LogP contribution in [0.2, 0.25) is 0 Å². The third-order valence-corrected chi connectivity index (χ3v) is 3.88. The summed E-state index contributed by atoms with van der Waals surface area (Å²) in [6.45, 7) is 1.05. The number of primary amides is 1. The molecule has 0 bridgehead atoms. The lowest BCUT2D eigenvalue weighted by Gasteiger charge is -2.28. The van der Waals surface area contributed by atoms with Crippen molar-refractivity contribution in [2.24, 2.45) is 5.73 Å². The van der Waals surface area contributed by atoms with E-state index >= 15 is 0 Å². The van der Waals surface area contributed by atoms with Gasteiger partial charge in [-0.2, -0.15) is 5.10 Å². The predicted octanol–water partition coefficient (Wildman–Crippen LogP) is -1.89. The van der Waals surface area contributed by atoms with Crippen molar-refractivity contribution in [1.82, 2.24) is 10.2 Å². The number of hydrogen-bond acceptors (Lipinski definition) is 8. The zero-order chi connectivity index (χ0) is 17.4. The van der Waals surface area contributed by atoms with Crippen molar-refractivity contribution in [1.29, 1.82) is 0 Å². The highest BCUT2D eigenvalue weighted by molar-refractivity contribution is 5.94. The summed E-state index contributed by atoms with van der Waals surface area (Å²) < 4.78 is 5.30. The molecular formula is C13H19N3O7. The van der Waals surface area contributed by atoms with E-state index in [9.17, 15) is 30.0 Å². The fourth-order valence-corrected chi connectivity index (χ4v) is 2.65. The van der Waals surface area contributed by atoms with Crippen LogP contribution in [0.4, 0.5) is 0 Å². The van der Waals surface area contributed by atoms with Gasteiger partial charge in [-0.1, -0.05) is 6.92 Å². The van der Waals surface area contributed by atoms with E-state index in [2.05, 4.69) is 10.2 Å². The molecule has 1 saturated heterocycles. The SMILES string of the molecule is CCCC(=O)[C@@]1(O)[C@H](O)[C@@H](CO)O[C@H]1c1n[nH]c(C(N)=O)c1O. The van der Waals surface area contributed by atoms with Crippen LogP contribution in [0, 0.1) is 0 Å². The first-order valence-corrected chi connectivity index (χ1v) is 7.06. The first kappa shape index (κ1) is 17.3. The van der Waals surface area contributed by atoms with Crippen LogP contribution >= 0.6 is 0 Å². The molecule has 0 aliphatic carbocycles. The van der Waals surface area contributed by atoms with Crippen LogP contribution in [0.3, 0.4) is 0 Å². The average molecular weight is 329 g/mol. The molecule has 0 radical (unpaired) electrons. The molecule has 0 unspecified atom stereocenters. The van der Waals surface area contributed by atoms with Crippen molar-refractivity contribution in [3.8, 4) is 5.75 Å². The molecule has 23 heavy (non-hydrogen) atoms. The fourth-order valence-electron chi connectivity index (χ4n) is 2.65. The second-order valence-corrected chi connectivity index (χ2v) is 5.38. The molecule has 10 nitrogen and oxygen atoms in total. The Balaban J connectivity index is 2.50. The van der Waals surface area contributed by atoms with Crippen LogP contribution in [-0.4, -0.2) is 66.7 Å². The number of rotatable bonds is 6. The van der Waals surface area contributed by atoms with Gasteiger partial charge >= 0.3 is 0 Å². The summed E-state index contributed by atoms with van der Waals surface area (Å²) in [5, 5.41) is 46.0. The predicted molar refractivity (Wildman–Crippen MR) is 74.3 cm³/mol. The van der Waals surface area contributed by atoms with Gasteiger partial charge in [0.05, 0.1) is 6.61 Å². The number of nitrogens with zero attached hydrogens (tertiary/aromatic N) is 1. The Morgan fingerprint density at radius 2 is 2.13 bits per heavy atom. The molecule has 2 rings (SSSR count). The summed E-state index contributed by atoms with van der Waals surface area (Å²) in [5.74, 6) is -2.41. The van der Waals surface area contributed by atoms with Gasteiger partial charge < -0.3 is 30.9 Å². The smallest absolute Gasteiger partial charge is 0.270 e. The Bertz CT molecular complexity index is 617. The van der Waals surface area contributed by atoms with E-state index in [1.807, 2.05) is 0 Å². The molecule has 1 aliphatic rings. The van der Waals surface area contributed by atoms with Crippen molar-refractivity contribution >= 4 is 11.7 Å². The Hall–Kier alpha value is -2.01. The van der Waals surface area contributed by atoms with Gasteiger partial charge in [-0.15, -0.1) is 0 Å². The number of aromatic hydroxyl groups is 1. The first-order chi connectivity index (χ1) is 10.8. The summed E-state index contributed by atoms with van der Waals surface area (Å²) in [6, 6.07) is 0. The molecule has 1 aromatic heterocycles. The van der Waals surface area contributed by atoms with Crippen molar-refractivity contribution in [2.45, 2.75) is 43.7 Å². The second-order valence-electron chi connectivity index (χ2n) is 5.38. The number of aromatic nitrogens is 2. The number of ether oxygens (including phenoxy) is 1. The normalized spacial score (nSPS) is 30.5. The molecule has 1 aliphatic heterocycles. The highest BCUT2D eigenvalue weighted by Gasteiger charge is 2.61. The largest absolute Gasteiger partial charge is 0.504 e. The number of nitrogens with two attached hydrogens (primary N) is 1. The van der Waals surface area contributed by atoms with Gasteiger partial charge in [-0.05, 0) is 6.42 Å². The number of amides is 1. The third-order valence-electron chi connectivity index (χ3n) is 3.88.